The van der Waals surface area contributed by atoms with Crippen molar-refractivity contribution in [3.8, 4) is 5.75 Å². The SMILES string of the molecule is CNC(CN(C)C1CCC(C)CC1)c1ccccc1OC. The lowest BCUT2D eigenvalue weighted by molar-refractivity contribution is 0.157. The number of methoxy groups -OCH3 is 1. The molecular weight excluding hydrogens is 260 g/mol. The maximum Gasteiger partial charge on any atom is 0.123 e. The Balaban J connectivity index is 2.01. The van der Waals surface area contributed by atoms with Crippen LogP contribution in [0.15, 0.2) is 24.3 Å². The van der Waals surface area contributed by atoms with Gasteiger partial charge in [-0.1, -0.05) is 25.1 Å². The summed E-state index contributed by atoms with van der Waals surface area (Å²) < 4.78 is 5.51. The first-order valence-electron chi connectivity index (χ1n) is 8.16. The summed E-state index contributed by atoms with van der Waals surface area (Å²) in [7, 11) is 6.05. The molecule has 1 aliphatic carbocycles. The van der Waals surface area contributed by atoms with E-state index in [0.717, 1.165) is 24.3 Å². The minimum absolute atomic E-state index is 0.311. The Labute approximate surface area is 129 Å². The van der Waals surface area contributed by atoms with E-state index in [1.165, 1.54) is 31.2 Å². The number of hydrogen-bond donors (Lipinski definition) is 1. The van der Waals surface area contributed by atoms with Crippen LogP contribution in [0.4, 0.5) is 0 Å². The lowest BCUT2D eigenvalue weighted by Crippen LogP contribution is -2.40. The zero-order chi connectivity index (χ0) is 15.2. The predicted octanol–water partition coefficient (Wildman–Crippen LogP) is 3.47. The van der Waals surface area contributed by atoms with Gasteiger partial charge in [-0.3, -0.25) is 0 Å². The fourth-order valence-electron chi connectivity index (χ4n) is 3.42. The molecule has 1 atom stereocenters. The quantitative estimate of drug-likeness (QED) is 0.868. The summed E-state index contributed by atoms with van der Waals surface area (Å²) >= 11 is 0. The van der Waals surface area contributed by atoms with E-state index in [0.29, 0.717) is 6.04 Å². The maximum absolute atomic E-state index is 5.51. The van der Waals surface area contributed by atoms with Gasteiger partial charge in [-0.2, -0.15) is 0 Å². The molecule has 1 aromatic carbocycles. The minimum Gasteiger partial charge on any atom is -0.496 e. The lowest BCUT2D eigenvalue weighted by Gasteiger charge is -2.35. The van der Waals surface area contributed by atoms with Crippen LogP contribution in [0.1, 0.15) is 44.2 Å². The Hall–Kier alpha value is -1.06. The summed E-state index contributed by atoms with van der Waals surface area (Å²) in [4.78, 5) is 2.53. The fraction of sp³-hybridized carbons (Fsp3) is 0.667. The van der Waals surface area contributed by atoms with Gasteiger partial charge in [0.15, 0.2) is 0 Å². The molecule has 0 aromatic heterocycles. The van der Waals surface area contributed by atoms with E-state index in [4.69, 9.17) is 4.74 Å². The van der Waals surface area contributed by atoms with E-state index in [-0.39, 0.29) is 0 Å². The molecule has 1 aliphatic rings. The Morgan fingerprint density at radius 2 is 1.90 bits per heavy atom. The molecule has 0 bridgehead atoms. The second-order valence-corrected chi connectivity index (χ2v) is 6.44. The number of nitrogens with zero attached hydrogens (tertiary/aromatic N) is 1. The van der Waals surface area contributed by atoms with Crippen LogP contribution in [0.2, 0.25) is 0 Å². The van der Waals surface area contributed by atoms with Crippen molar-refractivity contribution in [3.05, 3.63) is 29.8 Å². The third-order valence-corrected chi connectivity index (χ3v) is 4.94. The minimum atomic E-state index is 0.311. The summed E-state index contributed by atoms with van der Waals surface area (Å²) in [5, 5.41) is 3.45. The van der Waals surface area contributed by atoms with Crippen LogP contribution < -0.4 is 10.1 Å². The molecule has 1 aromatic rings. The van der Waals surface area contributed by atoms with E-state index in [2.05, 4.69) is 36.3 Å². The summed E-state index contributed by atoms with van der Waals surface area (Å²) in [5.41, 5.74) is 1.25. The van der Waals surface area contributed by atoms with E-state index < -0.39 is 0 Å². The van der Waals surface area contributed by atoms with Crippen molar-refractivity contribution in [2.75, 3.05) is 27.7 Å². The molecule has 0 aliphatic heterocycles. The standard InChI is InChI=1S/C18H30N2O/c1-14-9-11-15(12-10-14)20(3)13-17(19-2)16-7-5-6-8-18(16)21-4/h5-8,14-15,17,19H,9-13H2,1-4H3. The second kappa shape index (κ2) is 7.81. The average Bonchev–Trinajstić information content (AvgIpc) is 2.53. The molecule has 1 unspecified atom stereocenters. The normalized spacial score (nSPS) is 24.0. The van der Waals surface area contributed by atoms with Crippen molar-refractivity contribution >= 4 is 0 Å². The van der Waals surface area contributed by atoms with Gasteiger partial charge < -0.3 is 15.0 Å². The zero-order valence-corrected chi connectivity index (χ0v) is 13.9. The van der Waals surface area contributed by atoms with E-state index in [1.54, 1.807) is 7.11 Å². The molecule has 3 nitrogen and oxygen atoms in total. The maximum atomic E-state index is 5.51. The van der Waals surface area contributed by atoms with Gasteiger partial charge in [-0.25, -0.2) is 0 Å². The monoisotopic (exact) mass is 290 g/mol. The molecule has 1 fully saturated rings. The van der Waals surface area contributed by atoms with Gasteiger partial charge in [-0.15, -0.1) is 0 Å². The van der Waals surface area contributed by atoms with Crippen molar-refractivity contribution in [1.29, 1.82) is 0 Å². The Morgan fingerprint density at radius 1 is 1.24 bits per heavy atom. The summed E-state index contributed by atoms with van der Waals surface area (Å²) in [6.07, 6.45) is 5.40. The number of para-hydroxylation sites is 1. The van der Waals surface area contributed by atoms with Gasteiger partial charge in [0, 0.05) is 24.2 Å². The highest BCUT2D eigenvalue weighted by molar-refractivity contribution is 5.36. The van der Waals surface area contributed by atoms with E-state index >= 15 is 0 Å². The van der Waals surface area contributed by atoms with Crippen molar-refractivity contribution in [2.45, 2.75) is 44.7 Å². The van der Waals surface area contributed by atoms with Gasteiger partial charge >= 0.3 is 0 Å². The van der Waals surface area contributed by atoms with Crippen molar-refractivity contribution in [1.82, 2.24) is 10.2 Å². The first-order chi connectivity index (χ1) is 10.2. The molecule has 2 rings (SSSR count). The molecule has 0 radical (unpaired) electrons. The van der Waals surface area contributed by atoms with Crippen LogP contribution in [0, 0.1) is 5.92 Å². The topological polar surface area (TPSA) is 24.5 Å². The van der Waals surface area contributed by atoms with Crippen LogP contribution in [-0.4, -0.2) is 38.7 Å². The van der Waals surface area contributed by atoms with Crippen LogP contribution in [0.3, 0.4) is 0 Å². The Bertz CT molecular complexity index is 427. The molecule has 1 N–H and O–H groups in total. The first-order valence-corrected chi connectivity index (χ1v) is 8.16. The highest BCUT2D eigenvalue weighted by Crippen LogP contribution is 2.29. The lowest BCUT2D eigenvalue weighted by atomic mass is 9.86. The third kappa shape index (κ3) is 4.21. The number of ether oxygens (including phenoxy) is 1. The smallest absolute Gasteiger partial charge is 0.123 e. The fourth-order valence-corrected chi connectivity index (χ4v) is 3.42. The number of nitrogens with one attached hydrogen (secondary N) is 1. The number of benzene rings is 1. The molecule has 3 heteroatoms. The summed E-state index contributed by atoms with van der Waals surface area (Å²) in [5.74, 6) is 1.88. The molecule has 118 valence electrons. The first kappa shape index (κ1) is 16.3. The largest absolute Gasteiger partial charge is 0.496 e. The van der Waals surface area contributed by atoms with Crippen LogP contribution in [0.25, 0.3) is 0 Å². The molecule has 0 spiro atoms. The third-order valence-electron chi connectivity index (χ3n) is 4.94. The Kier molecular flexibility index (Phi) is 6.07. The van der Waals surface area contributed by atoms with Gasteiger partial charge in [0.2, 0.25) is 0 Å². The van der Waals surface area contributed by atoms with Crippen LogP contribution >= 0.6 is 0 Å². The molecular formula is C18H30N2O. The molecule has 0 heterocycles. The van der Waals surface area contributed by atoms with Gasteiger partial charge in [0.1, 0.15) is 5.75 Å². The zero-order valence-electron chi connectivity index (χ0n) is 13.9. The van der Waals surface area contributed by atoms with Gasteiger partial charge in [-0.05, 0) is 51.8 Å². The number of likely N-dealkylation sites (N-methyl/N-ethyl adjacent to an activating group) is 2. The number of hydrogen-bond acceptors (Lipinski definition) is 3. The molecule has 0 saturated heterocycles. The van der Waals surface area contributed by atoms with Crippen molar-refractivity contribution < 1.29 is 4.74 Å². The van der Waals surface area contributed by atoms with Crippen LogP contribution in [-0.2, 0) is 0 Å². The van der Waals surface area contributed by atoms with Crippen molar-refractivity contribution in [2.24, 2.45) is 5.92 Å². The summed E-state index contributed by atoms with van der Waals surface area (Å²) in [6.45, 7) is 3.40. The van der Waals surface area contributed by atoms with E-state index in [9.17, 15) is 0 Å². The van der Waals surface area contributed by atoms with Crippen LogP contribution in [0.5, 0.6) is 5.75 Å². The molecule has 21 heavy (non-hydrogen) atoms. The molecule has 1 saturated carbocycles. The average molecular weight is 290 g/mol. The predicted molar refractivity (Wildman–Crippen MR) is 88.8 cm³/mol. The second-order valence-electron chi connectivity index (χ2n) is 6.44. The highest BCUT2D eigenvalue weighted by atomic mass is 16.5. The summed E-state index contributed by atoms with van der Waals surface area (Å²) in [6, 6.07) is 9.36. The van der Waals surface area contributed by atoms with Crippen molar-refractivity contribution in [3.63, 3.8) is 0 Å². The van der Waals surface area contributed by atoms with Gasteiger partial charge in [0.25, 0.3) is 0 Å². The van der Waals surface area contributed by atoms with E-state index in [1.807, 2.05) is 19.2 Å². The van der Waals surface area contributed by atoms with Gasteiger partial charge in [0.05, 0.1) is 7.11 Å². The highest BCUT2D eigenvalue weighted by Gasteiger charge is 2.24. The molecule has 0 amide bonds. The number of rotatable bonds is 6. The Morgan fingerprint density at radius 3 is 2.52 bits per heavy atom.